The lowest BCUT2D eigenvalue weighted by molar-refractivity contribution is 1.38. The standard InChI is InChI=1S/C62H38N2/c1-2-16-39(17-3-1)53-37-60(63-59-29-15-14-27-51(53)59)40-30-32-41(33-31-40)61-38-57(55-35-43-19-5-7-21-45(43)47-23-9-11-25-49(47)55)58-36-56(50-26-12-13-28-52(50)62(58)64-61)54-34-42-18-4-6-20-44(42)46-22-8-10-24-48(46)54/h1-38H. The minimum absolute atomic E-state index is 0.928. The molecule has 0 fully saturated rings. The second-order valence-electron chi connectivity index (χ2n) is 16.8. The van der Waals surface area contributed by atoms with Gasteiger partial charge in [0.2, 0.25) is 0 Å². The molecule has 13 rings (SSSR count). The Balaban J connectivity index is 1.07. The van der Waals surface area contributed by atoms with Crippen molar-refractivity contribution in [2.24, 2.45) is 0 Å². The summed E-state index contributed by atoms with van der Waals surface area (Å²) in [5.41, 5.74) is 13.1. The van der Waals surface area contributed by atoms with Crippen LogP contribution in [0.25, 0.3) is 132 Å². The SMILES string of the molecule is c1ccc(-c2cc(-c3ccc(-c4cc(-c5cc6ccccc6c6ccccc56)c5cc(-c6cc7ccccc7c7ccccc67)c6ccccc6c5n4)cc3)nc3ccccc23)cc1. The molecule has 2 heterocycles. The molecular formula is C62H38N2. The summed E-state index contributed by atoms with van der Waals surface area (Å²) in [6, 6.07) is 83.6. The van der Waals surface area contributed by atoms with E-state index < -0.39 is 0 Å². The smallest absolute Gasteiger partial charge is 0.0794 e. The van der Waals surface area contributed by atoms with Gasteiger partial charge in [-0.2, -0.15) is 0 Å². The highest BCUT2D eigenvalue weighted by atomic mass is 14.7. The largest absolute Gasteiger partial charge is 0.248 e. The Kier molecular flexibility index (Phi) is 8.25. The van der Waals surface area contributed by atoms with E-state index in [-0.39, 0.29) is 0 Å². The Morgan fingerprint density at radius 2 is 0.625 bits per heavy atom. The summed E-state index contributed by atoms with van der Waals surface area (Å²) in [5, 5.41) is 14.5. The molecule has 0 aliphatic heterocycles. The molecule has 296 valence electrons. The highest BCUT2D eigenvalue weighted by Crippen LogP contribution is 2.46. The van der Waals surface area contributed by atoms with Crippen molar-refractivity contribution in [3.8, 4) is 55.9 Å². The van der Waals surface area contributed by atoms with E-state index in [1.54, 1.807) is 0 Å². The molecule has 2 aromatic heterocycles. The van der Waals surface area contributed by atoms with E-state index in [0.717, 1.165) is 55.3 Å². The van der Waals surface area contributed by atoms with Crippen LogP contribution in [-0.4, -0.2) is 9.97 Å². The van der Waals surface area contributed by atoms with E-state index >= 15 is 0 Å². The van der Waals surface area contributed by atoms with E-state index in [9.17, 15) is 0 Å². The summed E-state index contributed by atoms with van der Waals surface area (Å²) in [6.07, 6.45) is 0. The minimum Gasteiger partial charge on any atom is -0.248 e. The van der Waals surface area contributed by atoms with Crippen molar-refractivity contribution in [2.75, 3.05) is 0 Å². The molecule has 0 saturated carbocycles. The molecule has 64 heavy (non-hydrogen) atoms. The number of nitrogens with zero attached hydrogens (tertiary/aromatic N) is 2. The molecule has 0 unspecified atom stereocenters. The van der Waals surface area contributed by atoms with Gasteiger partial charge in [0, 0.05) is 27.3 Å². The van der Waals surface area contributed by atoms with Crippen LogP contribution < -0.4 is 0 Å². The lowest BCUT2D eigenvalue weighted by Gasteiger charge is -2.19. The van der Waals surface area contributed by atoms with Gasteiger partial charge in [-0.25, -0.2) is 9.97 Å². The number of para-hydroxylation sites is 1. The summed E-state index contributed by atoms with van der Waals surface area (Å²) in [5.74, 6) is 0. The van der Waals surface area contributed by atoms with Gasteiger partial charge in [0.15, 0.2) is 0 Å². The van der Waals surface area contributed by atoms with Crippen LogP contribution in [0.5, 0.6) is 0 Å². The van der Waals surface area contributed by atoms with Gasteiger partial charge in [0.05, 0.1) is 22.4 Å². The fraction of sp³-hybridized carbons (Fsp3) is 0. The van der Waals surface area contributed by atoms with E-state index in [1.807, 2.05) is 0 Å². The second kappa shape index (κ2) is 14.6. The first-order valence-electron chi connectivity index (χ1n) is 22.0. The normalized spacial score (nSPS) is 11.8. The maximum Gasteiger partial charge on any atom is 0.0794 e. The molecule has 0 atom stereocenters. The van der Waals surface area contributed by atoms with Gasteiger partial charge < -0.3 is 0 Å². The summed E-state index contributed by atoms with van der Waals surface area (Å²) >= 11 is 0. The Hall–Kier alpha value is -8.46. The van der Waals surface area contributed by atoms with Gasteiger partial charge in [-0.3, -0.25) is 0 Å². The summed E-state index contributed by atoms with van der Waals surface area (Å²) in [6.45, 7) is 0. The Labute approximate surface area is 370 Å². The first kappa shape index (κ1) is 36.2. The number of aromatic nitrogens is 2. The zero-order valence-corrected chi connectivity index (χ0v) is 34.8. The molecule has 11 aromatic carbocycles. The second-order valence-corrected chi connectivity index (χ2v) is 16.8. The molecule has 0 aliphatic rings. The third-order valence-corrected chi connectivity index (χ3v) is 13.2. The lowest BCUT2D eigenvalue weighted by atomic mass is 9.86. The van der Waals surface area contributed by atoms with E-state index in [4.69, 9.17) is 9.97 Å². The third kappa shape index (κ3) is 5.81. The first-order valence-corrected chi connectivity index (χ1v) is 22.0. The lowest BCUT2D eigenvalue weighted by Crippen LogP contribution is -1.95. The molecule has 13 aromatic rings. The fourth-order valence-corrected chi connectivity index (χ4v) is 10.2. The van der Waals surface area contributed by atoms with Gasteiger partial charge in [-0.15, -0.1) is 0 Å². The molecular weight excluding hydrogens is 773 g/mol. The maximum atomic E-state index is 5.63. The van der Waals surface area contributed by atoms with Gasteiger partial charge in [-0.05, 0) is 118 Å². The van der Waals surface area contributed by atoms with Crippen LogP contribution in [0.15, 0.2) is 231 Å². The maximum absolute atomic E-state index is 5.63. The molecule has 0 saturated heterocycles. The molecule has 2 nitrogen and oxygen atoms in total. The number of hydrogen-bond acceptors (Lipinski definition) is 2. The Morgan fingerprint density at radius 3 is 1.22 bits per heavy atom. The van der Waals surface area contributed by atoms with E-state index in [2.05, 4.69) is 231 Å². The number of fused-ring (bicyclic) bond motifs is 10. The summed E-state index contributed by atoms with van der Waals surface area (Å²) < 4.78 is 0. The predicted octanol–water partition coefficient (Wildman–Crippen LogP) is 16.9. The van der Waals surface area contributed by atoms with Crippen molar-refractivity contribution in [3.05, 3.63) is 231 Å². The molecule has 0 amide bonds. The Morgan fingerprint density at radius 1 is 0.219 bits per heavy atom. The van der Waals surface area contributed by atoms with Crippen LogP contribution in [0, 0.1) is 0 Å². The van der Waals surface area contributed by atoms with Crippen molar-refractivity contribution in [2.45, 2.75) is 0 Å². The van der Waals surface area contributed by atoms with Crippen molar-refractivity contribution in [1.29, 1.82) is 0 Å². The average molecular weight is 811 g/mol. The van der Waals surface area contributed by atoms with E-state index in [1.165, 1.54) is 76.3 Å². The van der Waals surface area contributed by atoms with Gasteiger partial charge in [0.1, 0.15) is 0 Å². The summed E-state index contributed by atoms with van der Waals surface area (Å²) in [7, 11) is 0. The van der Waals surface area contributed by atoms with Crippen molar-refractivity contribution < 1.29 is 0 Å². The van der Waals surface area contributed by atoms with Gasteiger partial charge >= 0.3 is 0 Å². The quantitative estimate of drug-likeness (QED) is 0.162. The van der Waals surface area contributed by atoms with Crippen LogP contribution in [0.1, 0.15) is 0 Å². The third-order valence-electron chi connectivity index (χ3n) is 13.2. The van der Waals surface area contributed by atoms with Crippen LogP contribution in [0.4, 0.5) is 0 Å². The zero-order chi connectivity index (χ0) is 42.1. The molecule has 0 aliphatic carbocycles. The van der Waals surface area contributed by atoms with Crippen molar-refractivity contribution in [3.63, 3.8) is 0 Å². The van der Waals surface area contributed by atoms with Gasteiger partial charge in [-0.1, -0.05) is 194 Å². The minimum atomic E-state index is 0.928. The molecule has 0 bridgehead atoms. The molecule has 0 N–H and O–H groups in total. The van der Waals surface area contributed by atoms with Gasteiger partial charge in [0.25, 0.3) is 0 Å². The Bertz CT molecular complexity index is 4000. The number of rotatable bonds is 5. The number of pyridine rings is 2. The average Bonchev–Trinajstić information content (AvgIpc) is 3.37. The summed E-state index contributed by atoms with van der Waals surface area (Å²) in [4.78, 5) is 10.8. The number of hydrogen-bond donors (Lipinski definition) is 0. The van der Waals surface area contributed by atoms with Crippen molar-refractivity contribution in [1.82, 2.24) is 9.97 Å². The fourth-order valence-electron chi connectivity index (χ4n) is 10.2. The van der Waals surface area contributed by atoms with Crippen LogP contribution in [0.2, 0.25) is 0 Å². The first-order chi connectivity index (χ1) is 31.7. The van der Waals surface area contributed by atoms with Crippen molar-refractivity contribution >= 4 is 75.7 Å². The monoisotopic (exact) mass is 810 g/mol. The highest BCUT2D eigenvalue weighted by molar-refractivity contribution is 6.23. The number of benzene rings is 11. The zero-order valence-electron chi connectivity index (χ0n) is 34.8. The van der Waals surface area contributed by atoms with E-state index in [0.29, 0.717) is 0 Å². The molecule has 0 spiro atoms. The van der Waals surface area contributed by atoms with Crippen LogP contribution in [0.3, 0.4) is 0 Å². The van der Waals surface area contributed by atoms with Crippen LogP contribution in [-0.2, 0) is 0 Å². The molecule has 2 heteroatoms. The molecule has 0 radical (unpaired) electrons. The predicted molar refractivity (Wildman–Crippen MR) is 272 cm³/mol. The topological polar surface area (TPSA) is 25.8 Å². The highest BCUT2D eigenvalue weighted by Gasteiger charge is 2.20. The van der Waals surface area contributed by atoms with Crippen LogP contribution >= 0.6 is 0 Å².